The van der Waals surface area contributed by atoms with E-state index in [1.807, 2.05) is 30.3 Å². The van der Waals surface area contributed by atoms with Crippen molar-refractivity contribution in [1.29, 1.82) is 0 Å². The van der Waals surface area contributed by atoms with E-state index in [1.54, 1.807) is 4.90 Å². The van der Waals surface area contributed by atoms with Gasteiger partial charge >= 0.3 is 0 Å². The van der Waals surface area contributed by atoms with Crippen LogP contribution in [0, 0.1) is 0 Å². The molecule has 1 heterocycles. The van der Waals surface area contributed by atoms with Crippen LogP contribution in [0.25, 0.3) is 0 Å². The molecule has 1 fully saturated rings. The molecule has 104 valence electrons. The zero-order valence-electron chi connectivity index (χ0n) is 10.9. The summed E-state index contributed by atoms with van der Waals surface area (Å²) in [5.41, 5.74) is 0.791. The van der Waals surface area contributed by atoms with Crippen LogP contribution < -0.4 is 9.62 Å². The Morgan fingerprint density at radius 1 is 1.26 bits per heavy atom. The molecule has 19 heavy (non-hydrogen) atoms. The van der Waals surface area contributed by atoms with Gasteiger partial charge in [0.15, 0.2) is 0 Å². The van der Waals surface area contributed by atoms with Gasteiger partial charge in [-0.25, -0.2) is 0 Å². The van der Waals surface area contributed by atoms with E-state index in [1.165, 1.54) is 14.1 Å². The monoisotopic (exact) mass is 283 g/mol. The Hall–Kier alpha value is -1.44. The van der Waals surface area contributed by atoms with Crippen molar-refractivity contribution in [3.05, 3.63) is 30.3 Å². The van der Waals surface area contributed by atoms with Crippen LogP contribution in [0.5, 0.6) is 0 Å². The van der Waals surface area contributed by atoms with E-state index in [4.69, 9.17) is 0 Å². The Balaban J connectivity index is 2.09. The van der Waals surface area contributed by atoms with Gasteiger partial charge in [0.1, 0.15) is 0 Å². The topological polar surface area (TPSA) is 69.7 Å². The molecular formula is C12H17N3O3S. The van der Waals surface area contributed by atoms with Crippen LogP contribution in [0.1, 0.15) is 6.42 Å². The zero-order chi connectivity index (χ0) is 14.0. The predicted octanol–water partition coefficient (Wildman–Crippen LogP) is 0.188. The molecule has 1 aromatic rings. The number of benzene rings is 1. The molecule has 0 unspecified atom stereocenters. The number of carbonyl (C=O) groups is 1. The Bertz CT molecular complexity index is 557. The van der Waals surface area contributed by atoms with E-state index in [0.717, 1.165) is 9.99 Å². The second-order valence-electron chi connectivity index (χ2n) is 4.65. The minimum atomic E-state index is -3.51. The predicted molar refractivity (Wildman–Crippen MR) is 72.9 cm³/mol. The molecule has 0 radical (unpaired) electrons. The average Bonchev–Trinajstić information content (AvgIpc) is 2.70. The van der Waals surface area contributed by atoms with Crippen LogP contribution in [-0.2, 0) is 15.0 Å². The summed E-state index contributed by atoms with van der Waals surface area (Å²) in [5.74, 6) is -0.0716. The first-order valence-electron chi connectivity index (χ1n) is 5.95. The molecule has 1 atom stereocenters. The molecule has 0 aromatic heterocycles. The number of rotatable bonds is 4. The molecule has 6 nitrogen and oxygen atoms in total. The fourth-order valence-electron chi connectivity index (χ4n) is 1.96. The molecule has 1 aromatic carbocycles. The largest absolute Gasteiger partial charge is 0.311 e. The summed E-state index contributed by atoms with van der Waals surface area (Å²) in [6.45, 7) is 0.357. The second kappa shape index (κ2) is 5.28. The van der Waals surface area contributed by atoms with Gasteiger partial charge < -0.3 is 4.90 Å². The number of hydrogen-bond donors (Lipinski definition) is 1. The van der Waals surface area contributed by atoms with E-state index in [-0.39, 0.29) is 18.4 Å². The Kier molecular flexibility index (Phi) is 3.88. The smallest absolute Gasteiger partial charge is 0.279 e. The van der Waals surface area contributed by atoms with Gasteiger partial charge in [0, 0.05) is 38.8 Å². The lowest BCUT2D eigenvalue weighted by Gasteiger charge is -2.18. The number of amides is 1. The molecule has 7 heteroatoms. The first-order chi connectivity index (χ1) is 8.90. The van der Waals surface area contributed by atoms with Gasteiger partial charge in [-0.05, 0) is 12.1 Å². The second-order valence-corrected chi connectivity index (χ2v) is 6.56. The number of anilines is 1. The summed E-state index contributed by atoms with van der Waals surface area (Å²) >= 11 is 0. The molecule has 0 aliphatic carbocycles. The summed E-state index contributed by atoms with van der Waals surface area (Å²) in [6, 6.07) is 8.84. The van der Waals surface area contributed by atoms with Crippen molar-refractivity contribution in [2.45, 2.75) is 12.5 Å². The standard InChI is InChI=1S/C12H17N3O3S/c1-14(2)19(17,18)13-10-8-12(16)15(9-10)11-6-4-3-5-7-11/h3-7,10,13H,8-9H2,1-2H3/t10-/m0/s1. The summed E-state index contributed by atoms with van der Waals surface area (Å²) in [6.07, 6.45) is 0.183. The lowest BCUT2D eigenvalue weighted by Crippen LogP contribution is -2.43. The van der Waals surface area contributed by atoms with Gasteiger partial charge in [-0.15, -0.1) is 0 Å². The first kappa shape index (κ1) is 14.0. The molecule has 1 saturated heterocycles. The van der Waals surface area contributed by atoms with Crippen molar-refractivity contribution in [3.8, 4) is 0 Å². The van der Waals surface area contributed by atoms with Crippen LogP contribution in [0.15, 0.2) is 30.3 Å². The van der Waals surface area contributed by atoms with Crippen molar-refractivity contribution < 1.29 is 13.2 Å². The van der Waals surface area contributed by atoms with Crippen LogP contribution >= 0.6 is 0 Å². The normalized spacial score (nSPS) is 20.3. The van der Waals surface area contributed by atoms with Crippen LogP contribution in [-0.4, -0.2) is 45.3 Å². The van der Waals surface area contributed by atoms with Crippen molar-refractivity contribution in [2.75, 3.05) is 25.5 Å². The van der Waals surface area contributed by atoms with E-state index < -0.39 is 10.2 Å². The third-order valence-corrected chi connectivity index (χ3v) is 4.58. The van der Waals surface area contributed by atoms with Gasteiger partial charge in [-0.1, -0.05) is 18.2 Å². The molecule has 0 bridgehead atoms. The van der Waals surface area contributed by atoms with Gasteiger partial charge in [-0.3, -0.25) is 4.79 Å². The molecule has 0 saturated carbocycles. The van der Waals surface area contributed by atoms with Crippen molar-refractivity contribution >= 4 is 21.8 Å². The molecule has 1 N–H and O–H groups in total. The van der Waals surface area contributed by atoms with Crippen molar-refractivity contribution in [2.24, 2.45) is 0 Å². The Labute approximate surface area is 113 Å². The fourth-order valence-corrected chi connectivity index (χ4v) is 2.75. The fraction of sp³-hybridized carbons (Fsp3) is 0.417. The molecule has 2 rings (SSSR count). The first-order valence-corrected chi connectivity index (χ1v) is 7.39. The maximum absolute atomic E-state index is 11.9. The minimum Gasteiger partial charge on any atom is -0.311 e. The highest BCUT2D eigenvalue weighted by molar-refractivity contribution is 7.87. The summed E-state index contributed by atoms with van der Waals surface area (Å²) < 4.78 is 27.1. The van der Waals surface area contributed by atoms with E-state index in [2.05, 4.69) is 4.72 Å². The van der Waals surface area contributed by atoms with Crippen LogP contribution in [0.4, 0.5) is 5.69 Å². The highest BCUT2D eigenvalue weighted by Gasteiger charge is 2.33. The number of carbonyl (C=O) groups excluding carboxylic acids is 1. The van der Waals surface area contributed by atoms with E-state index in [0.29, 0.717) is 6.54 Å². The quantitative estimate of drug-likeness (QED) is 0.857. The minimum absolute atomic E-state index is 0.0716. The third-order valence-electron chi connectivity index (χ3n) is 2.99. The zero-order valence-corrected chi connectivity index (χ0v) is 11.7. The van der Waals surface area contributed by atoms with E-state index >= 15 is 0 Å². The molecule has 1 aliphatic rings. The Morgan fingerprint density at radius 3 is 2.47 bits per heavy atom. The van der Waals surface area contributed by atoms with Crippen LogP contribution in [0.2, 0.25) is 0 Å². The SMILES string of the molecule is CN(C)S(=O)(=O)N[C@H]1CC(=O)N(c2ccccc2)C1. The lowest BCUT2D eigenvalue weighted by atomic mass is 10.3. The molecule has 1 aliphatic heterocycles. The molecule has 0 spiro atoms. The summed E-state index contributed by atoms with van der Waals surface area (Å²) in [7, 11) is -0.601. The number of nitrogens with zero attached hydrogens (tertiary/aromatic N) is 2. The highest BCUT2D eigenvalue weighted by atomic mass is 32.2. The maximum atomic E-state index is 11.9. The highest BCUT2D eigenvalue weighted by Crippen LogP contribution is 2.21. The summed E-state index contributed by atoms with van der Waals surface area (Å²) in [5, 5.41) is 0. The number of hydrogen-bond acceptors (Lipinski definition) is 3. The van der Waals surface area contributed by atoms with Gasteiger partial charge in [0.25, 0.3) is 10.2 Å². The third kappa shape index (κ3) is 3.12. The van der Waals surface area contributed by atoms with E-state index in [9.17, 15) is 13.2 Å². The molecule has 1 amide bonds. The summed E-state index contributed by atoms with van der Waals surface area (Å²) in [4.78, 5) is 13.5. The Morgan fingerprint density at radius 2 is 1.89 bits per heavy atom. The van der Waals surface area contributed by atoms with Gasteiger partial charge in [-0.2, -0.15) is 17.4 Å². The maximum Gasteiger partial charge on any atom is 0.279 e. The average molecular weight is 283 g/mol. The van der Waals surface area contributed by atoms with Crippen LogP contribution in [0.3, 0.4) is 0 Å². The van der Waals surface area contributed by atoms with Crippen molar-refractivity contribution in [3.63, 3.8) is 0 Å². The number of nitrogens with one attached hydrogen (secondary N) is 1. The number of para-hydroxylation sites is 1. The van der Waals surface area contributed by atoms with Crippen molar-refractivity contribution in [1.82, 2.24) is 9.03 Å². The van der Waals surface area contributed by atoms with Gasteiger partial charge in [0.2, 0.25) is 5.91 Å². The molecular weight excluding hydrogens is 266 g/mol. The lowest BCUT2D eigenvalue weighted by molar-refractivity contribution is -0.117. The van der Waals surface area contributed by atoms with Gasteiger partial charge in [0.05, 0.1) is 0 Å².